The summed E-state index contributed by atoms with van der Waals surface area (Å²) in [5, 5.41) is 8.28. The summed E-state index contributed by atoms with van der Waals surface area (Å²) in [5.41, 5.74) is 2.04. The van der Waals surface area contributed by atoms with Crippen LogP contribution in [0.2, 0.25) is 0 Å². The summed E-state index contributed by atoms with van der Waals surface area (Å²) < 4.78 is 0. The largest absolute Gasteiger partial charge is 0.193 e. The lowest BCUT2D eigenvalue weighted by molar-refractivity contribution is 1.53. The van der Waals surface area contributed by atoms with Crippen LogP contribution >= 0.6 is 0 Å². The van der Waals surface area contributed by atoms with E-state index in [0.717, 1.165) is 11.1 Å². The van der Waals surface area contributed by atoms with E-state index in [4.69, 9.17) is 5.26 Å². The van der Waals surface area contributed by atoms with Crippen LogP contribution in [0.15, 0.2) is 72.9 Å². The molecule has 0 atom stereocenters. The van der Waals surface area contributed by atoms with Gasteiger partial charge in [0.25, 0.3) is 0 Å². The van der Waals surface area contributed by atoms with E-state index in [1.54, 1.807) is 12.2 Å². The monoisotopic (exact) mass is 207 g/mol. The molecule has 0 N–H and O–H groups in total. The van der Waals surface area contributed by atoms with Crippen molar-refractivity contribution in [3.8, 4) is 6.07 Å². The van der Waals surface area contributed by atoms with Gasteiger partial charge in [-0.25, -0.2) is 0 Å². The first-order valence-electron chi connectivity index (χ1n) is 4.98. The van der Waals surface area contributed by atoms with Crippen molar-refractivity contribution < 1.29 is 0 Å². The third kappa shape index (κ3) is 4.78. The van der Waals surface area contributed by atoms with Crippen molar-refractivity contribution in [3.05, 3.63) is 78.4 Å². The van der Waals surface area contributed by atoms with Crippen LogP contribution in [0.3, 0.4) is 0 Å². The van der Waals surface area contributed by atoms with Crippen LogP contribution in [0, 0.1) is 11.3 Å². The van der Waals surface area contributed by atoms with Crippen LogP contribution in [0.25, 0.3) is 6.08 Å². The zero-order valence-corrected chi connectivity index (χ0v) is 9.01. The zero-order chi connectivity index (χ0) is 11.6. The van der Waals surface area contributed by atoms with Gasteiger partial charge in [-0.05, 0) is 11.1 Å². The maximum Gasteiger partial charge on any atom is 0.0912 e. The highest BCUT2D eigenvalue weighted by Gasteiger charge is 1.83. The van der Waals surface area contributed by atoms with Gasteiger partial charge in [0.05, 0.1) is 6.07 Å². The molecule has 0 bridgehead atoms. The second kappa shape index (κ2) is 7.03. The first kappa shape index (κ1) is 11.7. The first-order chi connectivity index (χ1) is 7.83. The van der Waals surface area contributed by atoms with Gasteiger partial charge in [-0.3, -0.25) is 0 Å². The summed E-state index contributed by atoms with van der Waals surface area (Å²) in [6.45, 7) is 3.88. The Balaban J connectivity index is 2.53. The fourth-order valence-corrected chi connectivity index (χ4v) is 1.10. The van der Waals surface area contributed by atoms with Gasteiger partial charge in [-0.15, -0.1) is 0 Å². The molecule has 0 aromatic heterocycles. The minimum atomic E-state index is 0.895. The minimum Gasteiger partial charge on any atom is -0.193 e. The maximum atomic E-state index is 8.28. The third-order valence-corrected chi connectivity index (χ3v) is 1.88. The zero-order valence-electron chi connectivity index (χ0n) is 9.01. The number of nitriles is 1. The van der Waals surface area contributed by atoms with Crippen molar-refractivity contribution in [2.75, 3.05) is 0 Å². The van der Waals surface area contributed by atoms with E-state index in [2.05, 4.69) is 6.58 Å². The molecule has 1 aromatic rings. The molecule has 0 aliphatic heterocycles. The molecule has 0 spiro atoms. The second-order valence-corrected chi connectivity index (χ2v) is 3.17. The van der Waals surface area contributed by atoms with E-state index in [1.165, 1.54) is 6.08 Å². The predicted octanol–water partition coefficient (Wildman–Crippen LogP) is 3.89. The molecule has 1 rings (SSSR count). The van der Waals surface area contributed by atoms with Crippen LogP contribution < -0.4 is 0 Å². The van der Waals surface area contributed by atoms with Gasteiger partial charge in [0.15, 0.2) is 0 Å². The van der Waals surface area contributed by atoms with Crippen molar-refractivity contribution in [2.24, 2.45) is 0 Å². The number of hydrogen-bond donors (Lipinski definition) is 0. The van der Waals surface area contributed by atoms with Crippen molar-refractivity contribution in [1.82, 2.24) is 0 Å². The van der Waals surface area contributed by atoms with Crippen molar-refractivity contribution in [1.29, 1.82) is 5.26 Å². The maximum absolute atomic E-state index is 8.28. The highest BCUT2D eigenvalue weighted by atomic mass is 14.2. The lowest BCUT2D eigenvalue weighted by Crippen LogP contribution is -1.70. The molecule has 0 aliphatic carbocycles. The lowest BCUT2D eigenvalue weighted by atomic mass is 10.1. The molecular weight excluding hydrogens is 194 g/mol. The van der Waals surface area contributed by atoms with E-state index in [1.807, 2.05) is 54.6 Å². The molecule has 1 heteroatoms. The second-order valence-electron chi connectivity index (χ2n) is 3.17. The number of benzene rings is 1. The van der Waals surface area contributed by atoms with E-state index in [0.29, 0.717) is 0 Å². The summed E-state index contributed by atoms with van der Waals surface area (Å²) in [4.78, 5) is 0. The van der Waals surface area contributed by atoms with Gasteiger partial charge in [-0.2, -0.15) is 5.26 Å². The SMILES string of the molecule is C=C(/C=C/C=C/C#N)/C=C/c1ccccc1. The molecule has 0 heterocycles. The Labute approximate surface area is 96.4 Å². The summed E-state index contributed by atoms with van der Waals surface area (Å²) in [7, 11) is 0. The minimum absolute atomic E-state index is 0.895. The molecule has 0 unspecified atom stereocenters. The van der Waals surface area contributed by atoms with Crippen LogP contribution in [-0.4, -0.2) is 0 Å². The molecular formula is C15H13N. The molecule has 0 fully saturated rings. The summed E-state index contributed by atoms with van der Waals surface area (Å²) in [5.74, 6) is 0. The Hall–Kier alpha value is -2.33. The van der Waals surface area contributed by atoms with E-state index < -0.39 is 0 Å². The molecule has 0 radical (unpaired) electrons. The molecule has 78 valence electrons. The number of rotatable bonds is 4. The van der Waals surface area contributed by atoms with E-state index in [-0.39, 0.29) is 0 Å². The average molecular weight is 207 g/mol. The van der Waals surface area contributed by atoms with Gasteiger partial charge in [0.2, 0.25) is 0 Å². The topological polar surface area (TPSA) is 23.8 Å². The van der Waals surface area contributed by atoms with Crippen molar-refractivity contribution >= 4 is 6.08 Å². The lowest BCUT2D eigenvalue weighted by Gasteiger charge is -1.91. The normalized spacial score (nSPS) is 11.2. The Bertz CT molecular complexity index is 456. The molecule has 1 nitrogen and oxygen atoms in total. The molecule has 0 aliphatic rings. The van der Waals surface area contributed by atoms with Crippen LogP contribution in [0.1, 0.15) is 5.56 Å². The van der Waals surface area contributed by atoms with Gasteiger partial charge in [0, 0.05) is 6.08 Å². The predicted molar refractivity (Wildman–Crippen MR) is 68.5 cm³/mol. The molecule has 0 amide bonds. The number of allylic oxidation sites excluding steroid dienone is 6. The van der Waals surface area contributed by atoms with Crippen LogP contribution in [0.4, 0.5) is 0 Å². The van der Waals surface area contributed by atoms with Gasteiger partial charge < -0.3 is 0 Å². The molecule has 0 saturated carbocycles. The molecule has 1 aromatic carbocycles. The fraction of sp³-hybridized carbons (Fsp3) is 0. The Morgan fingerprint density at radius 3 is 2.56 bits per heavy atom. The van der Waals surface area contributed by atoms with E-state index in [9.17, 15) is 0 Å². The van der Waals surface area contributed by atoms with Gasteiger partial charge >= 0.3 is 0 Å². The van der Waals surface area contributed by atoms with Crippen LogP contribution in [0.5, 0.6) is 0 Å². The highest BCUT2D eigenvalue weighted by Crippen LogP contribution is 2.04. The number of nitrogens with zero attached hydrogens (tertiary/aromatic N) is 1. The first-order valence-corrected chi connectivity index (χ1v) is 4.98. The van der Waals surface area contributed by atoms with Crippen molar-refractivity contribution in [3.63, 3.8) is 0 Å². The van der Waals surface area contributed by atoms with Gasteiger partial charge in [-0.1, -0.05) is 67.3 Å². The highest BCUT2D eigenvalue weighted by molar-refractivity contribution is 5.54. The Morgan fingerprint density at radius 1 is 1.12 bits per heavy atom. The summed E-state index contributed by atoms with van der Waals surface area (Å²) in [6, 6.07) is 12.0. The van der Waals surface area contributed by atoms with Crippen molar-refractivity contribution in [2.45, 2.75) is 0 Å². The fourth-order valence-electron chi connectivity index (χ4n) is 1.10. The number of hydrogen-bond acceptors (Lipinski definition) is 1. The average Bonchev–Trinajstić information content (AvgIpc) is 2.33. The van der Waals surface area contributed by atoms with E-state index >= 15 is 0 Å². The third-order valence-electron chi connectivity index (χ3n) is 1.88. The van der Waals surface area contributed by atoms with Gasteiger partial charge in [0.1, 0.15) is 0 Å². The van der Waals surface area contributed by atoms with Crippen LogP contribution in [-0.2, 0) is 0 Å². The Kier molecular flexibility index (Phi) is 5.16. The summed E-state index contributed by atoms with van der Waals surface area (Å²) >= 11 is 0. The summed E-state index contributed by atoms with van der Waals surface area (Å²) in [6.07, 6.45) is 10.7. The Morgan fingerprint density at radius 2 is 1.88 bits per heavy atom. The molecule has 16 heavy (non-hydrogen) atoms. The standard InChI is InChI=1S/C15H13N/c1-14(8-4-3-7-13-16)11-12-15-9-5-2-6-10-15/h2-12H,1H2/b7-3+,8-4+,12-11+. The smallest absolute Gasteiger partial charge is 0.0912 e. The quantitative estimate of drug-likeness (QED) is 0.542. The molecule has 0 saturated heterocycles.